The van der Waals surface area contributed by atoms with Gasteiger partial charge in [0.25, 0.3) is 0 Å². The molecule has 1 atom stereocenters. The third-order valence-corrected chi connectivity index (χ3v) is 3.87. The highest BCUT2D eigenvalue weighted by Gasteiger charge is 2.35. The zero-order valence-corrected chi connectivity index (χ0v) is 9.83. The molecule has 2 N–H and O–H groups in total. The van der Waals surface area contributed by atoms with Crippen molar-refractivity contribution in [2.24, 2.45) is 0 Å². The van der Waals surface area contributed by atoms with E-state index in [1.165, 1.54) is 16.7 Å². The van der Waals surface area contributed by atoms with Crippen molar-refractivity contribution < 1.29 is 15.0 Å². The molecule has 0 radical (unpaired) electrons. The minimum Gasteiger partial charge on any atom is -0.476 e. The van der Waals surface area contributed by atoms with Crippen LogP contribution in [0.2, 0.25) is 0 Å². The van der Waals surface area contributed by atoms with Gasteiger partial charge in [-0.25, -0.2) is 9.78 Å². The molecule has 0 aliphatic carbocycles. The first-order chi connectivity index (χ1) is 7.54. The smallest absolute Gasteiger partial charge is 0.355 e. The summed E-state index contributed by atoms with van der Waals surface area (Å²) in [6, 6.07) is 0. The lowest BCUT2D eigenvalue weighted by Crippen LogP contribution is -2.32. The molecule has 1 fully saturated rings. The van der Waals surface area contributed by atoms with E-state index in [0.717, 1.165) is 6.54 Å². The Morgan fingerprint density at radius 1 is 1.75 bits per heavy atom. The molecule has 1 aromatic rings. The van der Waals surface area contributed by atoms with Gasteiger partial charge < -0.3 is 15.1 Å². The first kappa shape index (κ1) is 11.3. The monoisotopic (exact) mass is 242 g/mol. The maximum Gasteiger partial charge on any atom is 0.355 e. The Bertz CT molecular complexity index is 407. The van der Waals surface area contributed by atoms with Crippen LogP contribution in [0.15, 0.2) is 5.38 Å². The quantitative estimate of drug-likeness (QED) is 0.833. The van der Waals surface area contributed by atoms with Crippen molar-refractivity contribution in [3.8, 4) is 0 Å². The molecule has 16 heavy (non-hydrogen) atoms. The lowest BCUT2D eigenvalue weighted by molar-refractivity contribution is 0.0593. The summed E-state index contributed by atoms with van der Waals surface area (Å²) in [6.07, 6.45) is 1.42. The van der Waals surface area contributed by atoms with Crippen molar-refractivity contribution in [2.45, 2.75) is 25.4 Å². The number of nitrogens with zero attached hydrogens (tertiary/aromatic N) is 2. The number of anilines is 1. The summed E-state index contributed by atoms with van der Waals surface area (Å²) in [5.74, 6) is -1.01. The van der Waals surface area contributed by atoms with Gasteiger partial charge in [-0.05, 0) is 12.8 Å². The van der Waals surface area contributed by atoms with Crippen molar-refractivity contribution >= 4 is 22.4 Å². The van der Waals surface area contributed by atoms with Gasteiger partial charge >= 0.3 is 5.97 Å². The van der Waals surface area contributed by atoms with Gasteiger partial charge in [0.2, 0.25) is 0 Å². The first-order valence-electron chi connectivity index (χ1n) is 5.20. The predicted molar refractivity (Wildman–Crippen MR) is 61.1 cm³/mol. The molecule has 6 heteroatoms. The highest BCUT2D eigenvalue weighted by atomic mass is 32.1. The minimum atomic E-state index is -1.01. The SMILES string of the molecule is CCC1(O)CCN(c2nc(C(=O)O)cs2)C1. The molecule has 1 aliphatic heterocycles. The van der Waals surface area contributed by atoms with E-state index in [0.29, 0.717) is 24.5 Å². The number of thiazole rings is 1. The Morgan fingerprint density at radius 2 is 2.50 bits per heavy atom. The zero-order valence-electron chi connectivity index (χ0n) is 9.01. The molecule has 0 amide bonds. The fraction of sp³-hybridized carbons (Fsp3) is 0.600. The average Bonchev–Trinajstić information content (AvgIpc) is 2.84. The lowest BCUT2D eigenvalue weighted by Gasteiger charge is -2.20. The number of carboxylic acid groups (broad SMARTS) is 1. The summed E-state index contributed by atoms with van der Waals surface area (Å²) >= 11 is 1.31. The molecular formula is C10H14N2O3S. The Labute approximate surface area is 97.4 Å². The van der Waals surface area contributed by atoms with E-state index >= 15 is 0 Å². The normalized spacial score (nSPS) is 25.0. The summed E-state index contributed by atoms with van der Waals surface area (Å²) < 4.78 is 0. The van der Waals surface area contributed by atoms with Gasteiger partial charge in [-0.3, -0.25) is 0 Å². The summed E-state index contributed by atoms with van der Waals surface area (Å²) in [7, 11) is 0. The van der Waals surface area contributed by atoms with Crippen LogP contribution in [0.5, 0.6) is 0 Å². The number of aromatic carboxylic acids is 1. The Balaban J connectivity index is 2.11. The topological polar surface area (TPSA) is 73.7 Å². The Kier molecular flexibility index (Phi) is 2.86. The number of rotatable bonds is 3. The van der Waals surface area contributed by atoms with E-state index in [1.54, 1.807) is 0 Å². The van der Waals surface area contributed by atoms with Crippen molar-refractivity contribution in [1.82, 2.24) is 4.98 Å². The molecule has 0 aromatic carbocycles. The van der Waals surface area contributed by atoms with Crippen LogP contribution in [-0.2, 0) is 0 Å². The number of aromatic nitrogens is 1. The molecule has 1 aliphatic rings. The number of carboxylic acids is 1. The number of aliphatic hydroxyl groups is 1. The van der Waals surface area contributed by atoms with Crippen molar-refractivity contribution in [1.29, 1.82) is 0 Å². The molecular weight excluding hydrogens is 228 g/mol. The number of hydrogen-bond acceptors (Lipinski definition) is 5. The molecule has 1 aromatic heterocycles. The van der Waals surface area contributed by atoms with E-state index in [9.17, 15) is 9.90 Å². The number of hydrogen-bond donors (Lipinski definition) is 2. The third-order valence-electron chi connectivity index (χ3n) is 2.97. The number of β-amino-alcohol motifs (C(OH)–C–C–N with tert-alkyl or cyclic N) is 1. The van der Waals surface area contributed by atoms with Crippen LogP contribution in [0.3, 0.4) is 0 Å². The van der Waals surface area contributed by atoms with Crippen LogP contribution in [0, 0.1) is 0 Å². The summed E-state index contributed by atoms with van der Waals surface area (Å²) in [5.41, 5.74) is -0.568. The standard InChI is InChI=1S/C10H14N2O3S/c1-2-10(15)3-4-12(6-10)9-11-7(5-16-9)8(13)14/h5,15H,2-4,6H2,1H3,(H,13,14). The summed E-state index contributed by atoms with van der Waals surface area (Å²) in [5, 5.41) is 21.0. The summed E-state index contributed by atoms with van der Waals surface area (Å²) in [6.45, 7) is 3.22. The fourth-order valence-corrected chi connectivity index (χ4v) is 2.64. The molecule has 1 unspecified atom stereocenters. The molecule has 0 bridgehead atoms. The second-order valence-electron chi connectivity index (χ2n) is 4.07. The van der Waals surface area contributed by atoms with Crippen LogP contribution < -0.4 is 4.90 Å². The Hall–Kier alpha value is -1.14. The minimum absolute atomic E-state index is 0.0759. The highest BCUT2D eigenvalue weighted by Crippen LogP contribution is 2.30. The zero-order chi connectivity index (χ0) is 11.8. The van der Waals surface area contributed by atoms with Gasteiger partial charge in [0, 0.05) is 18.5 Å². The van der Waals surface area contributed by atoms with Crippen LogP contribution in [0.1, 0.15) is 30.3 Å². The van der Waals surface area contributed by atoms with Crippen molar-refractivity contribution in [3.05, 3.63) is 11.1 Å². The van der Waals surface area contributed by atoms with Crippen LogP contribution in [0.4, 0.5) is 5.13 Å². The van der Waals surface area contributed by atoms with Crippen LogP contribution >= 0.6 is 11.3 Å². The van der Waals surface area contributed by atoms with E-state index in [-0.39, 0.29) is 5.69 Å². The van der Waals surface area contributed by atoms with Crippen LogP contribution in [0.25, 0.3) is 0 Å². The molecule has 2 heterocycles. The largest absolute Gasteiger partial charge is 0.476 e. The third kappa shape index (κ3) is 2.03. The molecule has 88 valence electrons. The van der Waals surface area contributed by atoms with E-state index < -0.39 is 11.6 Å². The Morgan fingerprint density at radius 3 is 3.00 bits per heavy atom. The highest BCUT2D eigenvalue weighted by molar-refractivity contribution is 7.13. The molecule has 1 saturated heterocycles. The van der Waals surface area contributed by atoms with E-state index in [4.69, 9.17) is 5.11 Å². The van der Waals surface area contributed by atoms with E-state index in [2.05, 4.69) is 4.98 Å². The van der Waals surface area contributed by atoms with E-state index in [1.807, 2.05) is 11.8 Å². The molecule has 2 rings (SSSR count). The molecule has 0 saturated carbocycles. The van der Waals surface area contributed by atoms with Crippen molar-refractivity contribution in [2.75, 3.05) is 18.0 Å². The van der Waals surface area contributed by atoms with Crippen LogP contribution in [-0.4, -0.2) is 39.9 Å². The van der Waals surface area contributed by atoms with Gasteiger partial charge in [0.05, 0.1) is 5.60 Å². The average molecular weight is 242 g/mol. The second-order valence-corrected chi connectivity index (χ2v) is 4.91. The van der Waals surface area contributed by atoms with Gasteiger partial charge in [-0.15, -0.1) is 11.3 Å². The second kappa shape index (κ2) is 4.03. The maximum atomic E-state index is 10.7. The molecule has 5 nitrogen and oxygen atoms in total. The first-order valence-corrected chi connectivity index (χ1v) is 6.08. The summed E-state index contributed by atoms with van der Waals surface area (Å²) in [4.78, 5) is 16.7. The van der Waals surface area contributed by atoms with Gasteiger partial charge in [0.1, 0.15) is 0 Å². The van der Waals surface area contributed by atoms with Crippen molar-refractivity contribution in [3.63, 3.8) is 0 Å². The predicted octanol–water partition coefficient (Wildman–Crippen LogP) is 1.19. The number of carbonyl (C=O) groups is 1. The fourth-order valence-electron chi connectivity index (χ4n) is 1.82. The maximum absolute atomic E-state index is 10.7. The molecule has 0 spiro atoms. The van der Waals surface area contributed by atoms with Gasteiger partial charge in [-0.2, -0.15) is 0 Å². The van der Waals surface area contributed by atoms with Gasteiger partial charge in [0.15, 0.2) is 10.8 Å². The van der Waals surface area contributed by atoms with Gasteiger partial charge in [-0.1, -0.05) is 6.92 Å². The lowest BCUT2D eigenvalue weighted by atomic mass is 10.0.